The lowest BCUT2D eigenvalue weighted by molar-refractivity contribution is -0.134. The molecule has 1 aromatic heterocycles. The van der Waals surface area contributed by atoms with E-state index in [1.807, 2.05) is 0 Å². The SMILES string of the molecule is O=C(NO)[C@H]1CN(C(=O)c2ccncc2)CCN1S(=O)(=O)c1cc(F)c(Oc2ccc(Cl)cc2)c(F)c1. The van der Waals surface area contributed by atoms with Gasteiger partial charge in [0, 0.05) is 42.6 Å². The van der Waals surface area contributed by atoms with E-state index in [-0.39, 0.29) is 24.4 Å². The van der Waals surface area contributed by atoms with E-state index in [9.17, 15) is 32.0 Å². The van der Waals surface area contributed by atoms with Crippen LogP contribution in [0.4, 0.5) is 8.78 Å². The third-order valence-electron chi connectivity index (χ3n) is 5.57. The molecule has 1 aliphatic rings. The summed E-state index contributed by atoms with van der Waals surface area (Å²) in [5, 5.41) is 9.56. The molecule has 1 saturated heterocycles. The maximum Gasteiger partial charge on any atom is 0.263 e. The van der Waals surface area contributed by atoms with Gasteiger partial charge in [0.2, 0.25) is 10.0 Å². The highest BCUT2D eigenvalue weighted by molar-refractivity contribution is 7.89. The first kappa shape index (κ1) is 26.4. The van der Waals surface area contributed by atoms with E-state index in [1.54, 1.807) is 0 Å². The van der Waals surface area contributed by atoms with Gasteiger partial charge in [-0.15, -0.1) is 0 Å². The number of hydroxylamine groups is 1. The molecule has 2 heterocycles. The normalized spacial score (nSPS) is 16.3. The summed E-state index contributed by atoms with van der Waals surface area (Å²) in [6.45, 7) is -0.933. The highest BCUT2D eigenvalue weighted by Crippen LogP contribution is 2.32. The van der Waals surface area contributed by atoms with Gasteiger partial charge in [0.15, 0.2) is 17.4 Å². The Kier molecular flexibility index (Phi) is 7.68. The number of hydrogen-bond acceptors (Lipinski definition) is 7. The Bertz CT molecular complexity index is 1400. The molecule has 0 aliphatic carbocycles. The Hall–Kier alpha value is -3.65. The number of benzene rings is 2. The van der Waals surface area contributed by atoms with Crippen molar-refractivity contribution in [3.8, 4) is 11.5 Å². The van der Waals surface area contributed by atoms with Crippen LogP contribution in [-0.4, -0.2) is 65.3 Å². The maximum atomic E-state index is 14.8. The molecular formula is C23H19ClF2N4O6S. The third kappa shape index (κ3) is 5.54. The van der Waals surface area contributed by atoms with Crippen molar-refractivity contribution in [3.05, 3.63) is 83.1 Å². The van der Waals surface area contributed by atoms with Gasteiger partial charge in [-0.05, 0) is 48.5 Å². The molecule has 0 saturated carbocycles. The van der Waals surface area contributed by atoms with Gasteiger partial charge < -0.3 is 9.64 Å². The molecule has 0 bridgehead atoms. The van der Waals surface area contributed by atoms with Crippen LogP contribution in [0.15, 0.2) is 65.8 Å². The number of aromatic nitrogens is 1. The van der Waals surface area contributed by atoms with E-state index < -0.39 is 56.7 Å². The van der Waals surface area contributed by atoms with E-state index in [0.29, 0.717) is 21.5 Å². The van der Waals surface area contributed by atoms with E-state index in [2.05, 4.69) is 4.98 Å². The second-order valence-electron chi connectivity index (χ2n) is 7.87. The molecule has 2 amide bonds. The molecule has 3 aromatic rings. The first-order valence-corrected chi connectivity index (χ1v) is 12.5. The lowest BCUT2D eigenvalue weighted by Crippen LogP contribution is -2.61. The summed E-state index contributed by atoms with van der Waals surface area (Å²) >= 11 is 5.78. The van der Waals surface area contributed by atoms with E-state index in [1.165, 1.54) is 59.2 Å². The number of amides is 2. The summed E-state index contributed by atoms with van der Waals surface area (Å²) in [6.07, 6.45) is 2.80. The molecule has 2 N–H and O–H groups in total. The highest BCUT2D eigenvalue weighted by Gasteiger charge is 2.42. The van der Waals surface area contributed by atoms with Crippen molar-refractivity contribution in [3.63, 3.8) is 0 Å². The average molecular weight is 553 g/mol. The van der Waals surface area contributed by atoms with Gasteiger partial charge in [-0.25, -0.2) is 22.7 Å². The Morgan fingerprint density at radius 3 is 2.27 bits per heavy atom. The minimum absolute atomic E-state index is 0.0625. The standard InChI is InChI=1S/C23H19ClF2N4O6S/c24-15-1-3-16(4-2-15)36-21-18(25)11-17(12-19(21)26)37(34,35)30-10-9-29(13-20(30)22(31)28-33)23(32)14-5-7-27-8-6-14/h1-8,11-12,20,33H,9-10,13H2,(H,28,31)/t20-/m1/s1. The minimum Gasteiger partial charge on any atom is -0.451 e. The fraction of sp³-hybridized carbons (Fsp3) is 0.174. The Morgan fingerprint density at radius 2 is 1.68 bits per heavy atom. The molecule has 194 valence electrons. The summed E-state index contributed by atoms with van der Waals surface area (Å²) in [4.78, 5) is 29.4. The highest BCUT2D eigenvalue weighted by atomic mass is 35.5. The van der Waals surface area contributed by atoms with Crippen LogP contribution in [0.5, 0.6) is 11.5 Å². The molecule has 0 unspecified atom stereocenters. The largest absolute Gasteiger partial charge is 0.451 e. The summed E-state index contributed by atoms with van der Waals surface area (Å²) in [5.74, 6) is -4.99. The number of carbonyl (C=O) groups excluding carboxylic acids is 2. The zero-order valence-corrected chi connectivity index (χ0v) is 20.4. The Labute approximate surface area is 215 Å². The van der Waals surface area contributed by atoms with Crippen LogP contribution in [0.3, 0.4) is 0 Å². The molecule has 2 aromatic carbocycles. The van der Waals surface area contributed by atoms with Crippen molar-refractivity contribution < 1.29 is 36.7 Å². The molecular weight excluding hydrogens is 534 g/mol. The molecule has 0 radical (unpaired) electrons. The first-order chi connectivity index (χ1) is 17.6. The fourth-order valence-electron chi connectivity index (χ4n) is 3.74. The number of sulfonamides is 1. The molecule has 10 nitrogen and oxygen atoms in total. The summed E-state index contributed by atoms with van der Waals surface area (Å²) in [6, 6.07) is 8.07. The fourth-order valence-corrected chi connectivity index (χ4v) is 5.46. The number of rotatable bonds is 6. The van der Waals surface area contributed by atoms with Gasteiger partial charge in [-0.2, -0.15) is 4.31 Å². The number of ether oxygens (including phenoxy) is 1. The zero-order chi connectivity index (χ0) is 26.7. The zero-order valence-electron chi connectivity index (χ0n) is 18.8. The lowest BCUT2D eigenvalue weighted by atomic mass is 10.1. The number of carbonyl (C=O) groups is 2. The molecule has 1 atom stereocenters. The minimum atomic E-state index is -4.66. The number of pyridine rings is 1. The topological polar surface area (TPSA) is 129 Å². The molecule has 14 heteroatoms. The van der Waals surface area contributed by atoms with E-state index >= 15 is 0 Å². The Morgan fingerprint density at radius 1 is 1.05 bits per heavy atom. The summed E-state index contributed by atoms with van der Waals surface area (Å²) < 4.78 is 62.2. The van der Waals surface area contributed by atoms with Crippen molar-refractivity contribution in [2.75, 3.05) is 19.6 Å². The quantitative estimate of drug-likeness (QED) is 0.355. The van der Waals surface area contributed by atoms with Crippen molar-refractivity contribution in [2.45, 2.75) is 10.9 Å². The first-order valence-electron chi connectivity index (χ1n) is 10.7. The molecule has 1 fully saturated rings. The Balaban J connectivity index is 1.61. The van der Waals surface area contributed by atoms with Crippen molar-refractivity contribution >= 4 is 33.4 Å². The van der Waals surface area contributed by atoms with Crippen molar-refractivity contribution in [2.24, 2.45) is 0 Å². The van der Waals surface area contributed by atoms with Gasteiger partial charge >= 0.3 is 0 Å². The van der Waals surface area contributed by atoms with Gasteiger partial charge in [0.25, 0.3) is 11.8 Å². The number of nitrogens with one attached hydrogen (secondary N) is 1. The predicted octanol–water partition coefficient (Wildman–Crippen LogP) is 2.83. The number of halogens is 3. The van der Waals surface area contributed by atoms with Crippen molar-refractivity contribution in [1.29, 1.82) is 0 Å². The monoisotopic (exact) mass is 552 g/mol. The summed E-state index contributed by atoms with van der Waals surface area (Å²) in [5.41, 5.74) is 1.64. The van der Waals surface area contributed by atoms with Crippen LogP contribution in [0.1, 0.15) is 10.4 Å². The van der Waals surface area contributed by atoms with Crippen LogP contribution in [0, 0.1) is 11.6 Å². The molecule has 4 rings (SSSR count). The second kappa shape index (κ2) is 10.8. The number of hydrogen-bond donors (Lipinski definition) is 2. The van der Waals surface area contributed by atoms with Crippen LogP contribution in [-0.2, 0) is 14.8 Å². The van der Waals surface area contributed by atoms with E-state index in [4.69, 9.17) is 16.3 Å². The van der Waals surface area contributed by atoms with Gasteiger partial charge in [-0.3, -0.25) is 19.8 Å². The van der Waals surface area contributed by atoms with Crippen LogP contribution in [0.2, 0.25) is 5.02 Å². The maximum absolute atomic E-state index is 14.8. The molecule has 1 aliphatic heterocycles. The van der Waals surface area contributed by atoms with Gasteiger partial charge in [0.05, 0.1) is 4.90 Å². The van der Waals surface area contributed by atoms with Crippen LogP contribution < -0.4 is 10.2 Å². The number of piperazine rings is 1. The van der Waals surface area contributed by atoms with Crippen LogP contribution >= 0.6 is 11.6 Å². The lowest BCUT2D eigenvalue weighted by Gasteiger charge is -2.39. The van der Waals surface area contributed by atoms with Crippen LogP contribution in [0.25, 0.3) is 0 Å². The molecule has 37 heavy (non-hydrogen) atoms. The van der Waals surface area contributed by atoms with Gasteiger partial charge in [0.1, 0.15) is 11.8 Å². The second-order valence-corrected chi connectivity index (χ2v) is 10.2. The van der Waals surface area contributed by atoms with Gasteiger partial charge in [-0.1, -0.05) is 11.6 Å². The average Bonchev–Trinajstić information content (AvgIpc) is 2.90. The van der Waals surface area contributed by atoms with E-state index in [0.717, 1.165) is 0 Å². The summed E-state index contributed by atoms with van der Waals surface area (Å²) in [7, 11) is -4.66. The predicted molar refractivity (Wildman–Crippen MR) is 126 cm³/mol. The third-order valence-corrected chi connectivity index (χ3v) is 7.71. The smallest absolute Gasteiger partial charge is 0.263 e. The number of nitrogens with zero attached hydrogens (tertiary/aromatic N) is 3. The molecule has 0 spiro atoms. The van der Waals surface area contributed by atoms with Crippen molar-refractivity contribution in [1.82, 2.24) is 19.7 Å².